The molecule has 1 saturated heterocycles. The van der Waals surface area contributed by atoms with Crippen LogP contribution in [-0.4, -0.2) is 35.5 Å². The summed E-state index contributed by atoms with van der Waals surface area (Å²) in [6, 6.07) is 4.95. The van der Waals surface area contributed by atoms with Gasteiger partial charge < -0.3 is 9.64 Å². The first-order valence-electron chi connectivity index (χ1n) is 8.56. The standard InChI is InChI=1S/C19H25Cl2NO3/c1-5-8-19(16(23)13-6-7-14(20)15(21)11-13)9-10-22(12-19)17(24)25-18(2,3)4/h6-7,11H,5,8-10,12H2,1-4H3. The molecule has 0 radical (unpaired) electrons. The maximum Gasteiger partial charge on any atom is 0.410 e. The lowest BCUT2D eigenvalue weighted by atomic mass is 9.76. The summed E-state index contributed by atoms with van der Waals surface area (Å²) >= 11 is 12.0. The van der Waals surface area contributed by atoms with Gasteiger partial charge in [0.15, 0.2) is 5.78 Å². The Hall–Kier alpha value is -1.26. The van der Waals surface area contributed by atoms with Crippen LogP contribution in [0.1, 0.15) is 57.3 Å². The van der Waals surface area contributed by atoms with Crippen molar-refractivity contribution in [1.82, 2.24) is 4.90 Å². The molecule has 6 heteroatoms. The van der Waals surface area contributed by atoms with E-state index in [1.165, 1.54) is 0 Å². The molecule has 1 atom stereocenters. The van der Waals surface area contributed by atoms with Crippen molar-refractivity contribution in [1.29, 1.82) is 0 Å². The second kappa shape index (κ2) is 7.55. The largest absolute Gasteiger partial charge is 0.444 e. The molecule has 1 heterocycles. The number of ether oxygens (including phenoxy) is 1. The van der Waals surface area contributed by atoms with Gasteiger partial charge in [0.05, 0.1) is 15.5 Å². The molecular weight excluding hydrogens is 361 g/mol. The number of carbonyl (C=O) groups is 2. The Balaban J connectivity index is 2.23. The summed E-state index contributed by atoms with van der Waals surface area (Å²) in [4.78, 5) is 27.2. The summed E-state index contributed by atoms with van der Waals surface area (Å²) < 4.78 is 5.45. The highest BCUT2D eigenvalue weighted by Gasteiger charge is 2.46. The van der Waals surface area contributed by atoms with E-state index in [1.54, 1.807) is 23.1 Å². The minimum atomic E-state index is -0.594. The third-order valence-electron chi connectivity index (χ3n) is 4.40. The summed E-state index contributed by atoms with van der Waals surface area (Å²) in [5.41, 5.74) is -0.613. The molecule has 0 saturated carbocycles. The Bertz CT molecular complexity index is 669. The number of ketones is 1. The van der Waals surface area contributed by atoms with Gasteiger partial charge in [-0.3, -0.25) is 4.79 Å². The normalized spacial score (nSPS) is 20.6. The summed E-state index contributed by atoms with van der Waals surface area (Å²) in [6.45, 7) is 8.43. The van der Waals surface area contributed by atoms with Crippen LogP contribution in [-0.2, 0) is 4.74 Å². The van der Waals surface area contributed by atoms with Crippen LogP contribution in [0.2, 0.25) is 10.0 Å². The molecule has 1 fully saturated rings. The van der Waals surface area contributed by atoms with Crippen molar-refractivity contribution in [2.45, 2.75) is 52.6 Å². The fourth-order valence-electron chi connectivity index (χ4n) is 3.28. The van der Waals surface area contributed by atoms with Gasteiger partial charge in [-0.25, -0.2) is 4.79 Å². The molecule has 4 nitrogen and oxygen atoms in total. The molecule has 1 aliphatic heterocycles. The van der Waals surface area contributed by atoms with Crippen molar-refractivity contribution < 1.29 is 14.3 Å². The van der Waals surface area contributed by atoms with Crippen molar-refractivity contribution in [3.8, 4) is 0 Å². The first kappa shape index (κ1) is 20.1. The fraction of sp³-hybridized carbons (Fsp3) is 0.579. The first-order valence-corrected chi connectivity index (χ1v) is 9.31. The van der Waals surface area contributed by atoms with Crippen LogP contribution in [0.3, 0.4) is 0 Å². The maximum atomic E-state index is 13.2. The van der Waals surface area contributed by atoms with Crippen LogP contribution >= 0.6 is 23.2 Å². The monoisotopic (exact) mass is 385 g/mol. The lowest BCUT2D eigenvalue weighted by molar-refractivity contribution is 0.0272. The highest BCUT2D eigenvalue weighted by Crippen LogP contribution is 2.39. The molecule has 138 valence electrons. The van der Waals surface area contributed by atoms with Crippen LogP contribution < -0.4 is 0 Å². The maximum absolute atomic E-state index is 13.2. The van der Waals surface area contributed by atoms with Crippen molar-refractivity contribution in [2.75, 3.05) is 13.1 Å². The minimum Gasteiger partial charge on any atom is -0.444 e. The molecule has 1 aromatic carbocycles. The third kappa shape index (κ3) is 4.68. The number of nitrogens with zero attached hydrogens (tertiary/aromatic N) is 1. The zero-order chi connectivity index (χ0) is 18.8. The van der Waals surface area contributed by atoms with Gasteiger partial charge in [-0.2, -0.15) is 0 Å². The SMILES string of the molecule is CCCC1(C(=O)c2ccc(Cl)c(Cl)c2)CCN(C(=O)OC(C)(C)C)C1. The average Bonchev–Trinajstić information content (AvgIpc) is 2.94. The number of likely N-dealkylation sites (tertiary alicyclic amines) is 1. The summed E-state index contributed by atoms with van der Waals surface area (Å²) in [5, 5.41) is 0.783. The van der Waals surface area contributed by atoms with Crippen LogP contribution in [0.4, 0.5) is 4.79 Å². The Morgan fingerprint density at radius 3 is 2.48 bits per heavy atom. The summed E-state index contributed by atoms with van der Waals surface area (Å²) in [5.74, 6) is 0.0129. The fourth-order valence-corrected chi connectivity index (χ4v) is 3.58. The van der Waals surface area contributed by atoms with Crippen molar-refractivity contribution in [2.24, 2.45) is 5.41 Å². The molecule has 0 bridgehead atoms. The Labute approximate surface area is 159 Å². The molecular formula is C19H25Cl2NO3. The number of benzene rings is 1. The van der Waals surface area contributed by atoms with Crippen LogP contribution in [0.15, 0.2) is 18.2 Å². The van der Waals surface area contributed by atoms with E-state index in [1.807, 2.05) is 27.7 Å². The van der Waals surface area contributed by atoms with Crippen LogP contribution in [0, 0.1) is 5.41 Å². The van der Waals surface area contributed by atoms with Crippen molar-refractivity contribution in [3.05, 3.63) is 33.8 Å². The average molecular weight is 386 g/mol. The smallest absolute Gasteiger partial charge is 0.410 e. The first-order chi connectivity index (χ1) is 11.6. The predicted molar refractivity (Wildman–Crippen MR) is 101 cm³/mol. The molecule has 1 aromatic rings. The molecule has 0 spiro atoms. The van der Waals surface area contributed by atoms with Gasteiger partial charge in [0.2, 0.25) is 0 Å². The Kier molecular flexibility index (Phi) is 6.05. The van der Waals surface area contributed by atoms with E-state index in [0.717, 1.165) is 6.42 Å². The van der Waals surface area contributed by atoms with Gasteiger partial charge in [-0.15, -0.1) is 0 Å². The zero-order valence-corrected chi connectivity index (χ0v) is 16.7. The lowest BCUT2D eigenvalue weighted by Gasteiger charge is -2.29. The minimum absolute atomic E-state index is 0.0129. The topological polar surface area (TPSA) is 46.6 Å². The summed E-state index contributed by atoms with van der Waals surface area (Å²) in [7, 11) is 0. The molecule has 2 rings (SSSR count). The molecule has 0 aromatic heterocycles. The number of halogens is 2. The molecule has 0 aliphatic carbocycles. The Morgan fingerprint density at radius 1 is 1.24 bits per heavy atom. The predicted octanol–water partition coefficient (Wildman–Crippen LogP) is 5.60. The van der Waals surface area contributed by atoms with Gasteiger partial charge in [0.25, 0.3) is 0 Å². The molecule has 1 aliphatic rings. The van der Waals surface area contributed by atoms with Gasteiger partial charge in [-0.1, -0.05) is 36.5 Å². The molecule has 1 unspecified atom stereocenters. The second-order valence-corrected chi connectivity index (χ2v) is 8.45. The van der Waals surface area contributed by atoms with Crippen molar-refractivity contribution in [3.63, 3.8) is 0 Å². The Morgan fingerprint density at radius 2 is 1.92 bits per heavy atom. The van der Waals surface area contributed by atoms with E-state index in [-0.39, 0.29) is 11.9 Å². The van der Waals surface area contributed by atoms with E-state index in [9.17, 15) is 9.59 Å². The van der Waals surface area contributed by atoms with Gasteiger partial charge >= 0.3 is 6.09 Å². The van der Waals surface area contributed by atoms with Crippen LogP contribution in [0.25, 0.3) is 0 Å². The third-order valence-corrected chi connectivity index (χ3v) is 5.14. The number of Topliss-reactive ketones (excluding diaryl/α,β-unsaturated/α-hetero) is 1. The van der Waals surface area contributed by atoms with Gasteiger partial charge in [-0.05, 0) is 51.8 Å². The highest BCUT2D eigenvalue weighted by molar-refractivity contribution is 6.42. The zero-order valence-electron chi connectivity index (χ0n) is 15.2. The van der Waals surface area contributed by atoms with E-state index in [2.05, 4.69) is 0 Å². The molecule has 25 heavy (non-hydrogen) atoms. The number of hydrogen-bond donors (Lipinski definition) is 0. The number of hydrogen-bond acceptors (Lipinski definition) is 3. The number of amides is 1. The number of rotatable bonds is 4. The van der Waals surface area contributed by atoms with Gasteiger partial charge in [0, 0.05) is 18.7 Å². The summed E-state index contributed by atoms with van der Waals surface area (Å²) in [6.07, 6.45) is 1.83. The number of carbonyl (C=O) groups excluding carboxylic acids is 2. The van der Waals surface area contributed by atoms with Crippen molar-refractivity contribution >= 4 is 35.1 Å². The second-order valence-electron chi connectivity index (χ2n) is 7.64. The van der Waals surface area contributed by atoms with E-state index < -0.39 is 11.0 Å². The van der Waals surface area contributed by atoms with Crippen LogP contribution in [0.5, 0.6) is 0 Å². The molecule has 1 amide bonds. The molecule has 0 N–H and O–H groups in total. The quantitative estimate of drug-likeness (QED) is 0.633. The van der Waals surface area contributed by atoms with E-state index in [4.69, 9.17) is 27.9 Å². The lowest BCUT2D eigenvalue weighted by Crippen LogP contribution is -2.39. The highest BCUT2D eigenvalue weighted by atomic mass is 35.5. The van der Waals surface area contributed by atoms with E-state index >= 15 is 0 Å². The van der Waals surface area contributed by atoms with Gasteiger partial charge in [0.1, 0.15) is 5.60 Å². The van der Waals surface area contributed by atoms with E-state index in [0.29, 0.717) is 41.5 Å².